The van der Waals surface area contributed by atoms with Crippen molar-refractivity contribution in [2.45, 2.75) is 43.9 Å². The summed E-state index contributed by atoms with van der Waals surface area (Å²) in [7, 11) is 2.00. The number of halogens is 1. The molecule has 0 bridgehead atoms. The minimum Gasteiger partial charge on any atom is -0.319 e. The fourth-order valence-corrected chi connectivity index (χ4v) is 4.45. The largest absolute Gasteiger partial charge is 0.319 e. The van der Waals surface area contributed by atoms with Gasteiger partial charge in [-0.05, 0) is 55.8 Å². The molecule has 2 fully saturated rings. The average molecular weight is 247 g/mol. The molecule has 1 aromatic rings. The summed E-state index contributed by atoms with van der Waals surface area (Å²) in [4.78, 5) is 0. The number of benzene rings is 1. The smallest absolute Gasteiger partial charge is 0.123 e. The highest BCUT2D eigenvalue weighted by Crippen LogP contribution is 2.62. The van der Waals surface area contributed by atoms with Crippen molar-refractivity contribution in [3.8, 4) is 0 Å². The molecule has 0 amide bonds. The first-order valence-electron chi connectivity index (χ1n) is 7.09. The molecular formula is C16H22FN. The van der Waals surface area contributed by atoms with Crippen LogP contribution in [0, 0.1) is 11.2 Å². The second-order valence-electron chi connectivity index (χ2n) is 6.38. The normalized spacial score (nSPS) is 24.1. The molecule has 98 valence electrons. The highest BCUT2D eigenvalue weighted by atomic mass is 19.1. The van der Waals surface area contributed by atoms with E-state index in [9.17, 15) is 4.39 Å². The summed E-state index contributed by atoms with van der Waals surface area (Å²) in [5, 5.41) is 3.31. The van der Waals surface area contributed by atoms with Crippen LogP contribution < -0.4 is 5.32 Å². The molecular weight excluding hydrogens is 225 g/mol. The second-order valence-corrected chi connectivity index (χ2v) is 6.38. The molecule has 1 nitrogen and oxygen atoms in total. The maximum absolute atomic E-state index is 13.4. The summed E-state index contributed by atoms with van der Waals surface area (Å²) >= 11 is 0. The maximum Gasteiger partial charge on any atom is 0.123 e. The lowest BCUT2D eigenvalue weighted by molar-refractivity contribution is 0.0280. The van der Waals surface area contributed by atoms with Gasteiger partial charge in [0.1, 0.15) is 5.82 Å². The summed E-state index contributed by atoms with van der Waals surface area (Å²) in [6, 6.07) is 7.23. The van der Waals surface area contributed by atoms with Gasteiger partial charge in [-0.1, -0.05) is 25.0 Å². The highest BCUT2D eigenvalue weighted by molar-refractivity contribution is 5.32. The van der Waals surface area contributed by atoms with Crippen LogP contribution in [0.1, 0.15) is 44.1 Å². The lowest BCUT2D eigenvalue weighted by Crippen LogP contribution is -2.53. The van der Waals surface area contributed by atoms with Crippen LogP contribution in [0.15, 0.2) is 24.3 Å². The predicted molar refractivity (Wildman–Crippen MR) is 72.1 cm³/mol. The van der Waals surface area contributed by atoms with Gasteiger partial charge in [0.15, 0.2) is 0 Å². The van der Waals surface area contributed by atoms with Gasteiger partial charge in [0.25, 0.3) is 0 Å². The SMILES string of the molecule is CNCC1(c2cccc(F)c2)CC2(CCCC2)C1. The van der Waals surface area contributed by atoms with E-state index in [1.165, 1.54) is 44.1 Å². The summed E-state index contributed by atoms with van der Waals surface area (Å²) in [6.07, 6.45) is 8.02. The summed E-state index contributed by atoms with van der Waals surface area (Å²) < 4.78 is 13.4. The zero-order chi connectivity index (χ0) is 12.6. The molecule has 2 saturated carbocycles. The molecule has 2 heteroatoms. The van der Waals surface area contributed by atoms with Crippen LogP contribution in [-0.4, -0.2) is 13.6 Å². The Morgan fingerprint density at radius 3 is 2.56 bits per heavy atom. The van der Waals surface area contributed by atoms with Gasteiger partial charge in [0.05, 0.1) is 0 Å². The average Bonchev–Trinajstić information content (AvgIpc) is 2.77. The summed E-state index contributed by atoms with van der Waals surface area (Å²) in [6.45, 7) is 0.970. The lowest BCUT2D eigenvalue weighted by atomic mass is 9.49. The number of nitrogens with one attached hydrogen (secondary N) is 1. The summed E-state index contributed by atoms with van der Waals surface area (Å²) in [5.74, 6) is -0.102. The standard InChI is InChI=1S/C16H22FN/c1-18-12-16(13-5-4-6-14(17)9-13)10-15(11-16)7-2-3-8-15/h4-6,9,18H,2-3,7-8,10-12H2,1H3. The Kier molecular flexibility index (Phi) is 2.93. The van der Waals surface area contributed by atoms with E-state index in [4.69, 9.17) is 0 Å². The molecule has 0 atom stereocenters. The van der Waals surface area contributed by atoms with Gasteiger partial charge in [-0.3, -0.25) is 0 Å². The Morgan fingerprint density at radius 2 is 1.94 bits per heavy atom. The lowest BCUT2D eigenvalue weighted by Gasteiger charge is -2.56. The van der Waals surface area contributed by atoms with E-state index in [0.29, 0.717) is 5.41 Å². The molecule has 1 spiro atoms. The topological polar surface area (TPSA) is 12.0 Å². The van der Waals surface area contributed by atoms with Crippen molar-refractivity contribution in [3.63, 3.8) is 0 Å². The Bertz CT molecular complexity index is 426. The first-order chi connectivity index (χ1) is 8.68. The second kappa shape index (κ2) is 4.34. The van der Waals surface area contributed by atoms with Gasteiger partial charge in [0.2, 0.25) is 0 Å². The van der Waals surface area contributed by atoms with Crippen molar-refractivity contribution in [2.75, 3.05) is 13.6 Å². The van der Waals surface area contributed by atoms with E-state index in [1.807, 2.05) is 13.1 Å². The molecule has 0 unspecified atom stereocenters. The first-order valence-corrected chi connectivity index (χ1v) is 7.09. The molecule has 2 aliphatic carbocycles. The number of likely N-dealkylation sites (N-methyl/N-ethyl adjacent to an activating group) is 1. The van der Waals surface area contributed by atoms with Gasteiger partial charge in [0, 0.05) is 12.0 Å². The fourth-order valence-electron chi connectivity index (χ4n) is 4.45. The van der Waals surface area contributed by atoms with Crippen molar-refractivity contribution in [3.05, 3.63) is 35.6 Å². The van der Waals surface area contributed by atoms with Crippen LogP contribution in [0.5, 0.6) is 0 Å². The van der Waals surface area contributed by atoms with Crippen LogP contribution in [0.3, 0.4) is 0 Å². The van der Waals surface area contributed by atoms with Gasteiger partial charge in [-0.15, -0.1) is 0 Å². The van der Waals surface area contributed by atoms with E-state index >= 15 is 0 Å². The molecule has 0 heterocycles. The van der Waals surface area contributed by atoms with E-state index in [1.54, 1.807) is 12.1 Å². The van der Waals surface area contributed by atoms with Crippen LogP contribution in [0.25, 0.3) is 0 Å². The maximum atomic E-state index is 13.4. The Hall–Kier alpha value is -0.890. The molecule has 1 aromatic carbocycles. The molecule has 1 N–H and O–H groups in total. The monoisotopic (exact) mass is 247 g/mol. The van der Waals surface area contributed by atoms with Crippen molar-refractivity contribution < 1.29 is 4.39 Å². The quantitative estimate of drug-likeness (QED) is 0.860. The van der Waals surface area contributed by atoms with E-state index < -0.39 is 0 Å². The third kappa shape index (κ3) is 1.87. The van der Waals surface area contributed by atoms with E-state index in [2.05, 4.69) is 11.4 Å². The Balaban J connectivity index is 1.85. The number of hydrogen-bond donors (Lipinski definition) is 1. The van der Waals surface area contributed by atoms with Crippen molar-refractivity contribution in [1.82, 2.24) is 5.32 Å². The molecule has 0 saturated heterocycles. The van der Waals surface area contributed by atoms with Crippen LogP contribution >= 0.6 is 0 Å². The minimum absolute atomic E-state index is 0.102. The molecule has 3 rings (SSSR count). The van der Waals surface area contributed by atoms with Gasteiger partial charge in [-0.25, -0.2) is 4.39 Å². The first kappa shape index (κ1) is 12.2. The fraction of sp³-hybridized carbons (Fsp3) is 0.625. The number of rotatable bonds is 3. The molecule has 2 aliphatic rings. The third-order valence-electron chi connectivity index (χ3n) is 5.04. The molecule has 0 aliphatic heterocycles. The minimum atomic E-state index is -0.102. The van der Waals surface area contributed by atoms with Crippen LogP contribution in [-0.2, 0) is 5.41 Å². The van der Waals surface area contributed by atoms with E-state index in [0.717, 1.165) is 6.54 Å². The zero-order valence-corrected chi connectivity index (χ0v) is 11.1. The molecule has 0 radical (unpaired) electrons. The van der Waals surface area contributed by atoms with Gasteiger partial charge in [-0.2, -0.15) is 0 Å². The highest BCUT2D eigenvalue weighted by Gasteiger charge is 2.55. The van der Waals surface area contributed by atoms with Gasteiger partial charge >= 0.3 is 0 Å². The number of hydrogen-bond acceptors (Lipinski definition) is 1. The van der Waals surface area contributed by atoms with Gasteiger partial charge < -0.3 is 5.32 Å². The van der Waals surface area contributed by atoms with Crippen LogP contribution in [0.4, 0.5) is 4.39 Å². The van der Waals surface area contributed by atoms with Crippen LogP contribution in [0.2, 0.25) is 0 Å². The molecule has 0 aromatic heterocycles. The van der Waals surface area contributed by atoms with Crippen molar-refractivity contribution in [1.29, 1.82) is 0 Å². The Labute approximate surface area is 109 Å². The summed E-state index contributed by atoms with van der Waals surface area (Å²) in [5.41, 5.74) is 1.96. The van der Waals surface area contributed by atoms with Crippen molar-refractivity contribution in [2.24, 2.45) is 5.41 Å². The van der Waals surface area contributed by atoms with Crippen molar-refractivity contribution >= 4 is 0 Å². The zero-order valence-electron chi connectivity index (χ0n) is 11.1. The predicted octanol–water partition coefficient (Wildman–Crippen LogP) is 3.64. The molecule has 18 heavy (non-hydrogen) atoms. The Morgan fingerprint density at radius 1 is 1.22 bits per heavy atom. The van der Waals surface area contributed by atoms with E-state index in [-0.39, 0.29) is 11.2 Å². The third-order valence-corrected chi connectivity index (χ3v) is 5.04.